The summed E-state index contributed by atoms with van der Waals surface area (Å²) in [6.45, 7) is 2.33. The van der Waals surface area contributed by atoms with Gasteiger partial charge in [-0.15, -0.1) is 0 Å². The van der Waals surface area contributed by atoms with Crippen LogP contribution in [0.25, 0.3) is 0 Å². The van der Waals surface area contributed by atoms with Crippen molar-refractivity contribution < 1.29 is 9.59 Å². The van der Waals surface area contributed by atoms with Gasteiger partial charge in [0.1, 0.15) is 0 Å². The van der Waals surface area contributed by atoms with Crippen molar-refractivity contribution in [3.63, 3.8) is 0 Å². The van der Waals surface area contributed by atoms with Gasteiger partial charge in [-0.1, -0.05) is 78.1 Å². The molecule has 2 aromatic rings. The molecule has 2 amide bonds. The normalized spacial score (nSPS) is 13.5. The summed E-state index contributed by atoms with van der Waals surface area (Å²) in [6, 6.07) is 9.48. The summed E-state index contributed by atoms with van der Waals surface area (Å²) in [4.78, 5) is 27.9. The number of unbranched alkanes of at least 4 members (excludes halogenated alkanes) is 1. The lowest BCUT2D eigenvalue weighted by Crippen LogP contribution is -2.30. The Hall–Kier alpha value is -1.20. The minimum absolute atomic E-state index is 0.0804. The first kappa shape index (κ1) is 18.6. The molecule has 0 bridgehead atoms. The van der Waals surface area contributed by atoms with Crippen molar-refractivity contribution >= 4 is 58.4 Å². The zero-order valence-electron chi connectivity index (χ0n) is 13.3. The van der Waals surface area contributed by atoms with Crippen LogP contribution < -0.4 is 0 Å². The van der Waals surface area contributed by atoms with Crippen LogP contribution in [0.4, 0.5) is 0 Å². The molecule has 0 aliphatic carbocycles. The predicted octanol–water partition coefficient (Wildman–Crippen LogP) is 6.19. The molecule has 1 aliphatic heterocycles. The lowest BCUT2D eigenvalue weighted by Gasteiger charge is -2.12. The third-order valence-corrected chi connectivity index (χ3v) is 6.47. The second-order valence-electron chi connectivity index (χ2n) is 5.55. The van der Waals surface area contributed by atoms with Crippen molar-refractivity contribution in [1.29, 1.82) is 0 Å². The average Bonchev–Trinajstić information content (AvgIpc) is 2.86. The summed E-state index contributed by atoms with van der Waals surface area (Å²) < 4.78 is 0. The molecule has 2 aromatic carbocycles. The molecule has 0 N–H and O–H groups in total. The molecule has 0 unspecified atom stereocenters. The van der Waals surface area contributed by atoms with Crippen LogP contribution in [0, 0.1) is 0 Å². The number of halogens is 3. The van der Waals surface area contributed by atoms with Crippen molar-refractivity contribution in [2.24, 2.45) is 0 Å². The van der Waals surface area contributed by atoms with Gasteiger partial charge in [0.25, 0.3) is 11.8 Å². The van der Waals surface area contributed by atoms with Crippen LogP contribution in [0.2, 0.25) is 15.1 Å². The number of hydrogen-bond donors (Lipinski definition) is 0. The van der Waals surface area contributed by atoms with Gasteiger partial charge >= 0.3 is 0 Å². The van der Waals surface area contributed by atoms with Gasteiger partial charge in [-0.3, -0.25) is 14.5 Å². The fraction of sp³-hybridized carbons (Fsp3) is 0.222. The highest BCUT2D eigenvalue weighted by molar-refractivity contribution is 7.99. The van der Waals surface area contributed by atoms with Gasteiger partial charge in [0, 0.05) is 11.4 Å². The summed E-state index contributed by atoms with van der Waals surface area (Å²) >= 11 is 20.5. The number of hydrogen-bond acceptors (Lipinski definition) is 3. The smallest absolute Gasteiger partial charge is 0.263 e. The minimum atomic E-state index is -0.432. The van der Waals surface area contributed by atoms with Gasteiger partial charge < -0.3 is 0 Å². The van der Waals surface area contributed by atoms with Crippen molar-refractivity contribution in [3.05, 3.63) is 56.5 Å². The van der Waals surface area contributed by atoms with E-state index in [4.69, 9.17) is 34.8 Å². The molecule has 0 atom stereocenters. The highest BCUT2D eigenvalue weighted by Crippen LogP contribution is 2.48. The molecule has 0 aromatic heterocycles. The number of nitrogens with zero attached hydrogens (tertiary/aromatic N) is 1. The molecular formula is C18H14Cl3NO2S. The van der Waals surface area contributed by atoms with E-state index in [1.54, 1.807) is 0 Å². The molecule has 0 radical (unpaired) electrons. The SMILES string of the molecule is CCCCN1C(=O)c2c(Cl)c(Cl)c(Sc3ccccc3)c(Cl)c2C1=O. The maximum Gasteiger partial charge on any atom is 0.263 e. The molecule has 0 saturated carbocycles. The Morgan fingerprint density at radius 1 is 0.920 bits per heavy atom. The zero-order chi connectivity index (χ0) is 18.1. The Balaban J connectivity index is 2.09. The van der Waals surface area contributed by atoms with Crippen LogP contribution >= 0.6 is 46.6 Å². The lowest BCUT2D eigenvalue weighted by molar-refractivity contribution is 0.0652. The topological polar surface area (TPSA) is 37.4 Å². The van der Waals surface area contributed by atoms with Crippen LogP contribution in [0.1, 0.15) is 40.5 Å². The largest absolute Gasteiger partial charge is 0.274 e. The molecule has 1 heterocycles. The summed E-state index contributed by atoms with van der Waals surface area (Å²) in [5.74, 6) is -0.842. The van der Waals surface area contributed by atoms with Gasteiger partial charge in [0.15, 0.2) is 0 Å². The minimum Gasteiger partial charge on any atom is -0.274 e. The van der Waals surface area contributed by atoms with Gasteiger partial charge in [0.05, 0.1) is 31.1 Å². The van der Waals surface area contributed by atoms with Crippen LogP contribution in [0.3, 0.4) is 0 Å². The fourth-order valence-electron chi connectivity index (χ4n) is 2.62. The molecule has 3 nitrogen and oxygen atoms in total. The van der Waals surface area contributed by atoms with Crippen molar-refractivity contribution in [3.8, 4) is 0 Å². The quantitative estimate of drug-likeness (QED) is 0.432. The number of rotatable bonds is 5. The molecule has 0 spiro atoms. The van der Waals surface area contributed by atoms with E-state index < -0.39 is 11.8 Å². The van der Waals surface area contributed by atoms with E-state index in [1.807, 2.05) is 37.3 Å². The summed E-state index contributed by atoms with van der Waals surface area (Å²) in [6.07, 6.45) is 1.59. The highest BCUT2D eigenvalue weighted by atomic mass is 35.5. The maximum atomic E-state index is 12.7. The van der Waals surface area contributed by atoms with Gasteiger partial charge in [-0.25, -0.2) is 0 Å². The number of amides is 2. The number of imide groups is 1. The number of carbonyl (C=O) groups is 2. The Kier molecular flexibility index (Phi) is 5.64. The van der Waals surface area contributed by atoms with Gasteiger partial charge in [-0.05, 0) is 18.6 Å². The van der Waals surface area contributed by atoms with E-state index in [1.165, 1.54) is 16.7 Å². The van der Waals surface area contributed by atoms with E-state index in [9.17, 15) is 9.59 Å². The summed E-state index contributed by atoms with van der Waals surface area (Å²) in [5.41, 5.74) is 0.255. The van der Waals surface area contributed by atoms with Crippen molar-refractivity contribution in [2.75, 3.05) is 6.54 Å². The van der Waals surface area contributed by atoms with E-state index in [0.29, 0.717) is 11.4 Å². The molecule has 25 heavy (non-hydrogen) atoms. The fourth-order valence-corrected chi connectivity index (χ4v) is 4.59. The van der Waals surface area contributed by atoms with Crippen molar-refractivity contribution in [1.82, 2.24) is 4.90 Å². The Morgan fingerprint density at radius 3 is 2.12 bits per heavy atom. The standard InChI is InChI=1S/C18H14Cl3NO2S/c1-2-3-9-22-17(23)11-12(18(22)24)14(20)16(15(21)13(11)19)25-10-7-5-4-6-8-10/h4-8H,2-3,9H2,1H3. The lowest BCUT2D eigenvalue weighted by atomic mass is 10.1. The average molecular weight is 415 g/mol. The summed E-state index contributed by atoms with van der Waals surface area (Å²) in [5, 5.41) is 0.449. The van der Waals surface area contributed by atoms with Crippen LogP contribution in [0.5, 0.6) is 0 Å². The first-order valence-corrected chi connectivity index (χ1v) is 9.72. The molecule has 0 saturated heterocycles. The van der Waals surface area contributed by atoms with Crippen molar-refractivity contribution in [2.45, 2.75) is 29.6 Å². The molecule has 1 aliphatic rings. The number of fused-ring (bicyclic) bond motifs is 1. The number of carbonyl (C=O) groups excluding carboxylic acids is 2. The molecular weight excluding hydrogens is 401 g/mol. The Labute approximate surface area is 165 Å². The molecule has 7 heteroatoms. The first-order chi connectivity index (χ1) is 12.0. The van der Waals surface area contributed by atoms with Crippen LogP contribution in [-0.4, -0.2) is 23.3 Å². The second-order valence-corrected chi connectivity index (χ2v) is 7.77. The third kappa shape index (κ3) is 3.28. The van der Waals surface area contributed by atoms with Gasteiger partial charge in [0.2, 0.25) is 0 Å². The van der Waals surface area contributed by atoms with E-state index in [0.717, 1.165) is 17.7 Å². The van der Waals surface area contributed by atoms with E-state index >= 15 is 0 Å². The number of benzene rings is 2. The maximum absolute atomic E-state index is 12.7. The first-order valence-electron chi connectivity index (χ1n) is 7.76. The Bertz CT molecular complexity index is 855. The zero-order valence-corrected chi connectivity index (χ0v) is 16.4. The van der Waals surface area contributed by atoms with E-state index in [-0.39, 0.29) is 26.2 Å². The molecule has 130 valence electrons. The van der Waals surface area contributed by atoms with Crippen LogP contribution in [0.15, 0.2) is 40.1 Å². The monoisotopic (exact) mass is 413 g/mol. The molecule has 0 fully saturated rings. The predicted molar refractivity (Wildman–Crippen MR) is 102 cm³/mol. The summed E-state index contributed by atoms with van der Waals surface area (Å²) in [7, 11) is 0. The van der Waals surface area contributed by atoms with Gasteiger partial charge in [-0.2, -0.15) is 0 Å². The third-order valence-electron chi connectivity index (χ3n) is 3.90. The molecule has 3 rings (SSSR count). The van der Waals surface area contributed by atoms with Crippen LogP contribution in [-0.2, 0) is 0 Å². The Morgan fingerprint density at radius 2 is 1.52 bits per heavy atom. The highest BCUT2D eigenvalue weighted by Gasteiger charge is 2.41. The van der Waals surface area contributed by atoms with E-state index in [2.05, 4.69) is 0 Å². The second kappa shape index (κ2) is 7.58.